The number of nitrogens with zero attached hydrogens (tertiary/aromatic N) is 6. The number of halogens is 2. The Balaban J connectivity index is 1.06. The van der Waals surface area contributed by atoms with Crippen LogP contribution in [0.5, 0.6) is 5.75 Å². The molecule has 4 fully saturated rings. The molecule has 11 nitrogen and oxygen atoms in total. The van der Waals surface area contributed by atoms with Crippen molar-refractivity contribution in [3.05, 3.63) is 71.8 Å². The van der Waals surface area contributed by atoms with Gasteiger partial charge >= 0.3 is 0 Å². The van der Waals surface area contributed by atoms with Crippen molar-refractivity contribution in [2.24, 2.45) is 0 Å². The SMILES string of the molecule is C=CC(=O)Nc1cc(Nc2cc(N3OCC[C@@H]3c3ccc(F)c(Cl)c3)ncn2)c(OC)cc1N1CCC(N2CCN(C3CCCC3)CC2)CC1. The largest absolute Gasteiger partial charge is 0.494 e. The first-order valence-corrected chi connectivity index (χ1v) is 18.1. The van der Waals surface area contributed by atoms with E-state index in [-0.39, 0.29) is 17.0 Å². The van der Waals surface area contributed by atoms with Gasteiger partial charge in [0.25, 0.3) is 0 Å². The molecule has 3 aliphatic heterocycles. The topological polar surface area (TPSA) is 98.3 Å². The molecule has 3 saturated heterocycles. The maximum absolute atomic E-state index is 13.9. The summed E-state index contributed by atoms with van der Waals surface area (Å²) in [6.07, 6.45) is 11.0. The van der Waals surface area contributed by atoms with Gasteiger partial charge in [-0.15, -0.1) is 0 Å². The zero-order valence-electron chi connectivity index (χ0n) is 28.6. The van der Waals surface area contributed by atoms with Gasteiger partial charge < -0.3 is 20.3 Å². The predicted octanol–water partition coefficient (Wildman–Crippen LogP) is 6.56. The van der Waals surface area contributed by atoms with Crippen LogP contribution in [0.1, 0.15) is 56.6 Å². The monoisotopic (exact) mass is 704 g/mol. The third kappa shape index (κ3) is 7.53. The van der Waals surface area contributed by atoms with Crippen molar-refractivity contribution < 1.29 is 18.8 Å². The Morgan fingerprint density at radius 1 is 0.960 bits per heavy atom. The summed E-state index contributed by atoms with van der Waals surface area (Å²) < 4.78 is 19.7. The molecule has 0 radical (unpaired) electrons. The molecule has 266 valence electrons. The van der Waals surface area contributed by atoms with Gasteiger partial charge in [-0.2, -0.15) is 0 Å². The summed E-state index contributed by atoms with van der Waals surface area (Å²) in [5.41, 5.74) is 3.02. The third-order valence-electron chi connectivity index (χ3n) is 10.6. The Morgan fingerprint density at radius 2 is 1.68 bits per heavy atom. The first-order valence-electron chi connectivity index (χ1n) is 17.7. The molecule has 0 unspecified atom stereocenters. The molecule has 1 saturated carbocycles. The van der Waals surface area contributed by atoms with E-state index in [2.05, 4.69) is 41.9 Å². The van der Waals surface area contributed by atoms with Crippen molar-refractivity contribution in [2.45, 2.75) is 63.1 Å². The van der Waals surface area contributed by atoms with Gasteiger partial charge in [0.2, 0.25) is 5.91 Å². The molecule has 1 atom stereocenters. The van der Waals surface area contributed by atoms with Gasteiger partial charge in [0.15, 0.2) is 5.82 Å². The van der Waals surface area contributed by atoms with Gasteiger partial charge in [0, 0.05) is 69.9 Å². The molecule has 0 bridgehead atoms. The van der Waals surface area contributed by atoms with Gasteiger partial charge in [-0.05, 0) is 55.5 Å². The van der Waals surface area contributed by atoms with E-state index in [0.29, 0.717) is 47.8 Å². The van der Waals surface area contributed by atoms with Gasteiger partial charge in [0.05, 0.1) is 41.8 Å². The number of hydrogen-bond donors (Lipinski definition) is 2. The maximum Gasteiger partial charge on any atom is 0.247 e. The number of nitrogens with one attached hydrogen (secondary N) is 2. The number of benzene rings is 2. The van der Waals surface area contributed by atoms with Crippen LogP contribution < -0.4 is 25.3 Å². The van der Waals surface area contributed by atoms with Crippen molar-refractivity contribution >= 4 is 46.2 Å². The van der Waals surface area contributed by atoms with E-state index in [0.717, 1.165) is 56.3 Å². The number of carbonyl (C=O) groups excluding carboxylic acids is 1. The molecule has 2 N–H and O–H groups in total. The standard InChI is InChI=1S/C37H46ClFN8O3/c1-3-37(48)43-30-21-31(42-35-23-36(41-24-40-35)47-32(12-19-50-47)25-8-9-29(39)28(38)20-25)34(49-2)22-33(30)46-13-10-27(11-14-46)45-17-15-44(16-18-45)26-6-4-5-7-26/h3,8-9,20-24,26-27,32H,1,4-7,10-19H2,2H3,(H,43,48)(H,40,41,42)/t32-/m1/s1. The highest BCUT2D eigenvalue weighted by atomic mass is 35.5. The second-order valence-corrected chi connectivity index (χ2v) is 13.9. The number of carbonyl (C=O) groups is 1. The van der Waals surface area contributed by atoms with Crippen molar-refractivity contribution in [1.82, 2.24) is 19.8 Å². The Kier molecular flexibility index (Phi) is 10.7. The number of piperazine rings is 1. The van der Waals surface area contributed by atoms with Crippen molar-refractivity contribution in [2.75, 3.05) is 73.6 Å². The molecule has 3 aromatic rings. The summed E-state index contributed by atoms with van der Waals surface area (Å²) in [6.45, 7) is 10.5. The number of ether oxygens (including phenoxy) is 1. The van der Waals surface area contributed by atoms with Crippen molar-refractivity contribution in [3.63, 3.8) is 0 Å². The molecule has 7 rings (SSSR count). The lowest BCUT2D eigenvalue weighted by Gasteiger charge is -2.44. The van der Waals surface area contributed by atoms with E-state index in [9.17, 15) is 9.18 Å². The Morgan fingerprint density at radius 3 is 2.36 bits per heavy atom. The number of methoxy groups -OCH3 is 1. The molecular weight excluding hydrogens is 659 g/mol. The third-order valence-corrected chi connectivity index (χ3v) is 10.9. The number of aromatic nitrogens is 2. The molecule has 50 heavy (non-hydrogen) atoms. The summed E-state index contributed by atoms with van der Waals surface area (Å²) in [7, 11) is 1.63. The Bertz CT molecular complexity index is 1670. The quantitative estimate of drug-likeness (QED) is 0.226. The first-order chi connectivity index (χ1) is 24.4. The molecule has 13 heteroatoms. The number of hydrogen-bond acceptors (Lipinski definition) is 10. The van der Waals surface area contributed by atoms with Crippen LogP contribution in [0.15, 0.2) is 55.4 Å². The molecule has 1 aliphatic carbocycles. The van der Waals surface area contributed by atoms with E-state index >= 15 is 0 Å². The highest BCUT2D eigenvalue weighted by Gasteiger charge is 2.32. The lowest BCUT2D eigenvalue weighted by Crippen LogP contribution is -2.54. The van der Waals surface area contributed by atoms with Gasteiger partial charge in [0.1, 0.15) is 23.7 Å². The summed E-state index contributed by atoms with van der Waals surface area (Å²) in [5.74, 6) is 0.884. The Labute approximate surface area is 298 Å². The number of piperidine rings is 1. The highest BCUT2D eigenvalue weighted by Crippen LogP contribution is 2.41. The number of anilines is 5. The van der Waals surface area contributed by atoms with Crippen LogP contribution in [0, 0.1) is 5.82 Å². The van der Waals surface area contributed by atoms with E-state index in [1.807, 2.05) is 12.1 Å². The van der Waals surface area contributed by atoms with Crippen LogP contribution in [-0.2, 0) is 9.63 Å². The lowest BCUT2D eigenvalue weighted by atomic mass is 10.0. The van der Waals surface area contributed by atoms with Crippen LogP contribution in [-0.4, -0.2) is 90.7 Å². The van der Waals surface area contributed by atoms with Crippen molar-refractivity contribution in [3.8, 4) is 5.75 Å². The van der Waals surface area contributed by atoms with Gasteiger partial charge in [-0.3, -0.25) is 19.4 Å². The molecule has 2 aromatic carbocycles. The molecule has 4 aliphatic rings. The van der Waals surface area contributed by atoms with Gasteiger partial charge in [-0.1, -0.05) is 37.1 Å². The minimum Gasteiger partial charge on any atom is -0.494 e. The predicted molar refractivity (Wildman–Crippen MR) is 195 cm³/mol. The average Bonchev–Trinajstić information content (AvgIpc) is 3.87. The minimum atomic E-state index is -0.467. The second kappa shape index (κ2) is 15.5. The van der Waals surface area contributed by atoms with E-state index in [1.54, 1.807) is 30.4 Å². The summed E-state index contributed by atoms with van der Waals surface area (Å²) in [6, 6.07) is 11.5. The second-order valence-electron chi connectivity index (χ2n) is 13.5. The fourth-order valence-electron chi connectivity index (χ4n) is 7.98. The Hall–Kier alpha value is -3.97. The molecule has 4 heterocycles. The van der Waals surface area contributed by atoms with E-state index in [4.69, 9.17) is 21.2 Å². The lowest BCUT2D eigenvalue weighted by molar-refractivity contribution is -0.111. The van der Waals surface area contributed by atoms with Crippen LogP contribution in [0.25, 0.3) is 0 Å². The van der Waals surface area contributed by atoms with Gasteiger partial charge in [-0.25, -0.2) is 19.4 Å². The zero-order chi connectivity index (χ0) is 34.6. The normalized spacial score (nSPS) is 21.1. The summed E-state index contributed by atoms with van der Waals surface area (Å²) >= 11 is 6.09. The maximum atomic E-state index is 13.9. The molecule has 1 aromatic heterocycles. The van der Waals surface area contributed by atoms with Crippen LogP contribution >= 0.6 is 11.6 Å². The minimum absolute atomic E-state index is 0.0616. The molecule has 1 amide bonds. The fraction of sp³-hybridized carbons (Fsp3) is 0.486. The smallest absolute Gasteiger partial charge is 0.247 e. The highest BCUT2D eigenvalue weighted by molar-refractivity contribution is 6.30. The molecular formula is C37H46ClFN8O3. The van der Waals surface area contributed by atoms with Crippen LogP contribution in [0.2, 0.25) is 5.02 Å². The first kappa shape index (κ1) is 34.5. The van der Waals surface area contributed by atoms with E-state index < -0.39 is 5.82 Å². The van der Waals surface area contributed by atoms with Crippen molar-refractivity contribution in [1.29, 1.82) is 0 Å². The summed E-state index contributed by atoms with van der Waals surface area (Å²) in [5, 5.41) is 8.14. The average molecular weight is 705 g/mol. The fourth-order valence-corrected chi connectivity index (χ4v) is 8.17. The van der Waals surface area contributed by atoms with Crippen LogP contribution in [0.4, 0.5) is 33.1 Å². The number of amides is 1. The summed E-state index contributed by atoms with van der Waals surface area (Å²) in [4.78, 5) is 35.2. The zero-order valence-corrected chi connectivity index (χ0v) is 29.4. The van der Waals surface area contributed by atoms with Crippen LogP contribution in [0.3, 0.4) is 0 Å². The number of rotatable bonds is 10. The number of hydroxylamine groups is 1. The molecule has 0 spiro atoms. The van der Waals surface area contributed by atoms with E-state index in [1.165, 1.54) is 57.2 Å².